The van der Waals surface area contributed by atoms with Crippen LogP contribution in [0.15, 0.2) is 41.8 Å². The molecule has 2 rings (SSSR count). The van der Waals surface area contributed by atoms with Gasteiger partial charge in [-0.05, 0) is 37.1 Å². The smallest absolute Gasteiger partial charge is 0.266 e. The van der Waals surface area contributed by atoms with E-state index in [0.29, 0.717) is 15.8 Å². The summed E-state index contributed by atoms with van der Waals surface area (Å²) in [5.41, 5.74) is 0.954. The number of thiocarbonyl (C=S) groups is 1. The third-order valence-electron chi connectivity index (χ3n) is 3.28. The third-order valence-corrected chi connectivity index (χ3v) is 4.65. The fourth-order valence-corrected chi connectivity index (χ4v) is 3.17. The summed E-state index contributed by atoms with van der Waals surface area (Å²) in [6, 6.07) is 7.72. The molecule has 1 atom stereocenters. The van der Waals surface area contributed by atoms with Gasteiger partial charge in [-0.15, -0.1) is 6.58 Å². The van der Waals surface area contributed by atoms with Crippen molar-refractivity contribution in [2.45, 2.75) is 26.4 Å². The van der Waals surface area contributed by atoms with Crippen LogP contribution in [0.5, 0.6) is 5.75 Å². The van der Waals surface area contributed by atoms with Gasteiger partial charge in [-0.1, -0.05) is 49.1 Å². The van der Waals surface area contributed by atoms with Gasteiger partial charge >= 0.3 is 0 Å². The Labute approximate surface area is 141 Å². The van der Waals surface area contributed by atoms with Gasteiger partial charge in [0.05, 0.1) is 11.0 Å². The van der Waals surface area contributed by atoms with Crippen LogP contribution in [0.4, 0.5) is 0 Å². The fraction of sp³-hybridized carbons (Fsp3) is 0.294. The Bertz CT molecular complexity index is 608. The summed E-state index contributed by atoms with van der Waals surface area (Å²) in [6.07, 6.45) is 4.69. The molecule has 1 aromatic carbocycles. The second kappa shape index (κ2) is 7.61. The zero-order valence-corrected chi connectivity index (χ0v) is 14.4. The van der Waals surface area contributed by atoms with E-state index in [-0.39, 0.29) is 12.0 Å². The Morgan fingerprint density at radius 1 is 1.41 bits per heavy atom. The molecule has 0 aromatic heterocycles. The summed E-state index contributed by atoms with van der Waals surface area (Å²) in [5.74, 6) is 0.778. The number of hydrogen-bond donors (Lipinski definition) is 0. The quantitative estimate of drug-likeness (QED) is 0.442. The predicted molar refractivity (Wildman–Crippen MR) is 96.9 cm³/mol. The van der Waals surface area contributed by atoms with E-state index in [1.165, 1.54) is 11.8 Å². The normalized spacial score (nSPS) is 17.9. The van der Waals surface area contributed by atoms with Gasteiger partial charge < -0.3 is 4.74 Å². The van der Waals surface area contributed by atoms with Gasteiger partial charge in [0.1, 0.15) is 10.1 Å². The molecule has 116 valence electrons. The maximum absolute atomic E-state index is 12.2. The molecule has 3 nitrogen and oxygen atoms in total. The average molecular weight is 333 g/mol. The second-order valence-electron chi connectivity index (χ2n) is 4.99. The molecule has 0 N–H and O–H groups in total. The van der Waals surface area contributed by atoms with Crippen molar-refractivity contribution < 1.29 is 9.53 Å². The molecular formula is C17H19NO2S2. The Morgan fingerprint density at radius 3 is 2.68 bits per heavy atom. The predicted octanol–water partition coefficient (Wildman–Crippen LogP) is 4.25. The van der Waals surface area contributed by atoms with E-state index in [0.717, 1.165) is 17.7 Å². The first-order valence-electron chi connectivity index (χ1n) is 7.18. The van der Waals surface area contributed by atoms with Gasteiger partial charge in [0.25, 0.3) is 5.91 Å². The van der Waals surface area contributed by atoms with E-state index in [2.05, 4.69) is 13.5 Å². The summed E-state index contributed by atoms with van der Waals surface area (Å²) in [7, 11) is 0. The van der Waals surface area contributed by atoms with E-state index in [9.17, 15) is 4.79 Å². The number of benzene rings is 1. The van der Waals surface area contributed by atoms with Crippen LogP contribution in [0, 0.1) is 0 Å². The van der Waals surface area contributed by atoms with Crippen LogP contribution in [0.1, 0.15) is 25.8 Å². The zero-order valence-electron chi connectivity index (χ0n) is 12.7. The molecule has 1 saturated heterocycles. The fourth-order valence-electron chi connectivity index (χ4n) is 1.90. The summed E-state index contributed by atoms with van der Waals surface area (Å²) in [5, 5.41) is 0. The number of amides is 1. The second-order valence-corrected chi connectivity index (χ2v) is 6.66. The van der Waals surface area contributed by atoms with Crippen molar-refractivity contribution in [3.63, 3.8) is 0 Å². The minimum Gasteiger partial charge on any atom is -0.491 e. The standard InChI is InChI=1S/C17H19NO2S2/c1-4-10-18-16(19)15(22-17(18)21)11-13-6-8-14(9-7-13)20-12(3)5-2/h4,6-9,11-12H,1,5,10H2,2-3H3/b15-11+/t12-/m0/s1. The minimum atomic E-state index is -0.0603. The van der Waals surface area contributed by atoms with Crippen molar-refractivity contribution in [3.05, 3.63) is 47.4 Å². The summed E-state index contributed by atoms with van der Waals surface area (Å²) in [6.45, 7) is 8.22. The number of thioether (sulfide) groups is 1. The molecule has 22 heavy (non-hydrogen) atoms. The van der Waals surface area contributed by atoms with Gasteiger partial charge in [0, 0.05) is 6.54 Å². The van der Waals surface area contributed by atoms with Crippen LogP contribution in [0.3, 0.4) is 0 Å². The Hall–Kier alpha value is -1.59. The lowest BCUT2D eigenvalue weighted by molar-refractivity contribution is -0.121. The third kappa shape index (κ3) is 3.99. The number of carbonyl (C=O) groups is 1. The van der Waals surface area contributed by atoms with Gasteiger partial charge in [0.15, 0.2) is 0 Å². The van der Waals surface area contributed by atoms with Crippen LogP contribution >= 0.6 is 24.0 Å². The first kappa shape index (κ1) is 16.8. The largest absolute Gasteiger partial charge is 0.491 e. The molecule has 0 bridgehead atoms. The van der Waals surface area contributed by atoms with Gasteiger partial charge in [0.2, 0.25) is 0 Å². The zero-order chi connectivity index (χ0) is 16.1. The molecule has 0 radical (unpaired) electrons. The highest BCUT2D eigenvalue weighted by molar-refractivity contribution is 8.26. The molecule has 0 aliphatic carbocycles. The highest BCUT2D eigenvalue weighted by Gasteiger charge is 2.30. The van der Waals surface area contributed by atoms with Crippen molar-refractivity contribution in [2.75, 3.05) is 6.54 Å². The van der Waals surface area contributed by atoms with Crippen molar-refractivity contribution in [1.29, 1.82) is 0 Å². The first-order valence-corrected chi connectivity index (χ1v) is 8.40. The monoisotopic (exact) mass is 333 g/mol. The molecule has 1 amide bonds. The van der Waals surface area contributed by atoms with E-state index < -0.39 is 0 Å². The van der Waals surface area contributed by atoms with Crippen molar-refractivity contribution in [1.82, 2.24) is 4.90 Å². The van der Waals surface area contributed by atoms with Crippen LogP contribution in [0.2, 0.25) is 0 Å². The lowest BCUT2D eigenvalue weighted by atomic mass is 10.2. The number of hydrogen-bond acceptors (Lipinski definition) is 4. The molecule has 0 spiro atoms. The average Bonchev–Trinajstić information content (AvgIpc) is 2.77. The van der Waals surface area contributed by atoms with Gasteiger partial charge in [-0.2, -0.15) is 0 Å². The molecule has 1 heterocycles. The molecule has 1 aromatic rings. The molecule has 0 saturated carbocycles. The summed E-state index contributed by atoms with van der Waals surface area (Å²) >= 11 is 6.54. The Balaban J connectivity index is 2.11. The number of rotatable bonds is 6. The number of carbonyl (C=O) groups excluding carboxylic acids is 1. The van der Waals surface area contributed by atoms with E-state index >= 15 is 0 Å². The highest BCUT2D eigenvalue weighted by atomic mass is 32.2. The number of nitrogens with zero attached hydrogens (tertiary/aromatic N) is 1. The van der Waals surface area contributed by atoms with Crippen LogP contribution in [0.25, 0.3) is 6.08 Å². The maximum Gasteiger partial charge on any atom is 0.266 e. The maximum atomic E-state index is 12.2. The highest BCUT2D eigenvalue weighted by Crippen LogP contribution is 2.32. The number of ether oxygens (including phenoxy) is 1. The molecule has 0 unspecified atom stereocenters. The van der Waals surface area contributed by atoms with Crippen molar-refractivity contribution >= 4 is 40.3 Å². The summed E-state index contributed by atoms with van der Waals surface area (Å²) in [4.78, 5) is 14.4. The van der Waals surface area contributed by atoms with E-state index in [1.54, 1.807) is 11.0 Å². The molecule has 1 fully saturated rings. The van der Waals surface area contributed by atoms with Gasteiger partial charge in [-0.25, -0.2) is 0 Å². The SMILES string of the molecule is C=CCN1C(=O)/C(=C\c2ccc(O[C@@H](C)CC)cc2)SC1=S. The molecule has 1 aliphatic rings. The topological polar surface area (TPSA) is 29.5 Å². The first-order chi connectivity index (χ1) is 10.5. The van der Waals surface area contributed by atoms with Crippen LogP contribution in [-0.4, -0.2) is 27.8 Å². The van der Waals surface area contributed by atoms with E-state index in [1.807, 2.05) is 37.3 Å². The van der Waals surface area contributed by atoms with Crippen molar-refractivity contribution in [3.8, 4) is 5.75 Å². The molecular weight excluding hydrogens is 314 g/mol. The Morgan fingerprint density at radius 2 is 2.09 bits per heavy atom. The molecule has 5 heteroatoms. The van der Waals surface area contributed by atoms with E-state index in [4.69, 9.17) is 17.0 Å². The Kier molecular flexibility index (Phi) is 5.80. The van der Waals surface area contributed by atoms with Crippen molar-refractivity contribution in [2.24, 2.45) is 0 Å². The minimum absolute atomic E-state index is 0.0603. The lowest BCUT2D eigenvalue weighted by Crippen LogP contribution is -2.27. The van der Waals surface area contributed by atoms with Crippen LogP contribution < -0.4 is 4.74 Å². The lowest BCUT2D eigenvalue weighted by Gasteiger charge is -2.12. The van der Waals surface area contributed by atoms with Crippen LogP contribution in [-0.2, 0) is 4.79 Å². The van der Waals surface area contributed by atoms with Gasteiger partial charge in [-0.3, -0.25) is 9.69 Å². The molecule has 1 aliphatic heterocycles. The summed E-state index contributed by atoms with van der Waals surface area (Å²) < 4.78 is 6.32.